The maximum Gasteiger partial charge on any atom is 0.255 e. The van der Waals surface area contributed by atoms with Gasteiger partial charge in [0.15, 0.2) is 5.82 Å². The van der Waals surface area contributed by atoms with E-state index in [4.69, 9.17) is 23.9 Å². The number of fused-ring (bicyclic) bond motifs is 2. The number of piperidine rings is 2. The van der Waals surface area contributed by atoms with Crippen LogP contribution in [0.25, 0.3) is 27.8 Å². The maximum atomic E-state index is 16.1. The summed E-state index contributed by atoms with van der Waals surface area (Å²) in [5.74, 6) is 3.42. The van der Waals surface area contributed by atoms with Gasteiger partial charge in [0.1, 0.15) is 36.3 Å². The van der Waals surface area contributed by atoms with Gasteiger partial charge in [-0.15, -0.1) is 0 Å². The SMILES string of the molecule is CCCS(=O)(=O)Nc1ccc(F)c(-n2cc(-c3cncnc3)c3nc(N(C)C4CCN(C(=O)CCOCCOCCOCCOCC#Cc5cccc6c5CN(C5CCC(=O)NC5=O)C6=O)CC4)ccc32)c1F. The highest BCUT2D eigenvalue weighted by Crippen LogP contribution is 2.36. The van der Waals surface area contributed by atoms with E-state index in [2.05, 4.69) is 31.8 Å². The summed E-state index contributed by atoms with van der Waals surface area (Å²) in [6, 6.07) is 10.2. The second-order valence-corrected chi connectivity index (χ2v) is 19.5. The molecule has 0 radical (unpaired) electrons. The summed E-state index contributed by atoms with van der Waals surface area (Å²) in [5, 5.41) is 2.31. The molecule has 0 spiro atoms. The summed E-state index contributed by atoms with van der Waals surface area (Å²) >= 11 is 0. The number of hydrogen-bond acceptors (Lipinski definition) is 14. The van der Waals surface area contributed by atoms with Crippen LogP contribution in [-0.4, -0.2) is 152 Å². The lowest BCUT2D eigenvalue weighted by molar-refractivity contribution is -0.137. The molecule has 19 nitrogen and oxygen atoms in total. The number of nitrogens with zero attached hydrogens (tertiary/aromatic N) is 7. The molecule has 2 aromatic carbocycles. The largest absolute Gasteiger partial charge is 0.379 e. The molecule has 386 valence electrons. The fraction of sp³-hybridized carbons (Fsp3) is 0.431. The lowest BCUT2D eigenvalue weighted by Gasteiger charge is -2.37. The van der Waals surface area contributed by atoms with Gasteiger partial charge in [-0.3, -0.25) is 29.2 Å². The van der Waals surface area contributed by atoms with Gasteiger partial charge in [-0.2, -0.15) is 0 Å². The van der Waals surface area contributed by atoms with Crippen LogP contribution in [-0.2, 0) is 49.9 Å². The van der Waals surface area contributed by atoms with Crippen LogP contribution in [0.15, 0.2) is 67.4 Å². The monoisotopic (exact) mass is 1030 g/mol. The van der Waals surface area contributed by atoms with E-state index in [0.29, 0.717) is 118 Å². The van der Waals surface area contributed by atoms with Gasteiger partial charge in [0, 0.05) is 80.0 Å². The van der Waals surface area contributed by atoms with E-state index in [1.165, 1.54) is 22.0 Å². The molecule has 22 heteroatoms. The number of halogens is 2. The van der Waals surface area contributed by atoms with Gasteiger partial charge in [0.05, 0.1) is 75.1 Å². The Balaban J connectivity index is 0.720. The van der Waals surface area contributed by atoms with Crippen molar-refractivity contribution in [2.75, 3.05) is 88.4 Å². The van der Waals surface area contributed by atoms with Crippen molar-refractivity contribution in [1.82, 2.24) is 34.6 Å². The third-order valence-corrected chi connectivity index (χ3v) is 14.3. The Bertz CT molecular complexity index is 3000. The molecule has 2 fully saturated rings. The number of imide groups is 1. The first-order chi connectivity index (χ1) is 35.3. The second-order valence-electron chi connectivity index (χ2n) is 17.7. The van der Waals surface area contributed by atoms with Gasteiger partial charge in [0.2, 0.25) is 27.7 Å². The normalized spacial score (nSPS) is 16.1. The van der Waals surface area contributed by atoms with Crippen LogP contribution in [0.1, 0.15) is 66.9 Å². The zero-order chi connectivity index (χ0) is 51.5. The number of pyridine rings is 1. The minimum absolute atomic E-state index is 0.000594. The quantitative estimate of drug-likeness (QED) is 0.0551. The second kappa shape index (κ2) is 24.2. The van der Waals surface area contributed by atoms with E-state index < -0.39 is 39.3 Å². The van der Waals surface area contributed by atoms with Crippen LogP contribution in [0.5, 0.6) is 0 Å². The number of sulfonamides is 1. The Morgan fingerprint density at radius 1 is 0.904 bits per heavy atom. The number of aromatic nitrogens is 4. The van der Waals surface area contributed by atoms with Crippen LogP contribution >= 0.6 is 0 Å². The highest BCUT2D eigenvalue weighted by Gasteiger charge is 2.40. The summed E-state index contributed by atoms with van der Waals surface area (Å²) in [5.41, 5.74) is 2.99. The smallest absolute Gasteiger partial charge is 0.255 e. The highest BCUT2D eigenvalue weighted by atomic mass is 32.2. The first-order valence-corrected chi connectivity index (χ1v) is 25.8. The minimum atomic E-state index is -3.86. The lowest BCUT2D eigenvalue weighted by Crippen LogP contribution is -2.52. The Kier molecular flexibility index (Phi) is 17.4. The van der Waals surface area contributed by atoms with E-state index in [9.17, 15) is 27.6 Å². The molecule has 3 aliphatic heterocycles. The average Bonchev–Trinajstić information content (AvgIpc) is 3.93. The van der Waals surface area contributed by atoms with Gasteiger partial charge in [-0.1, -0.05) is 24.8 Å². The molecule has 1 unspecified atom stereocenters. The maximum absolute atomic E-state index is 16.1. The van der Waals surface area contributed by atoms with E-state index in [-0.39, 0.29) is 67.8 Å². The summed E-state index contributed by atoms with van der Waals surface area (Å²) < 4.78 is 82.6. The van der Waals surface area contributed by atoms with Crippen molar-refractivity contribution < 1.29 is 55.3 Å². The average molecular weight is 1030 g/mol. The van der Waals surface area contributed by atoms with E-state index in [1.54, 1.807) is 43.6 Å². The van der Waals surface area contributed by atoms with Crippen molar-refractivity contribution in [3.63, 3.8) is 0 Å². The number of ether oxygens (including phenoxy) is 4. The summed E-state index contributed by atoms with van der Waals surface area (Å²) in [6.07, 6.45) is 8.46. The first kappa shape index (κ1) is 52.4. The topological polar surface area (TPSA) is 217 Å². The molecule has 0 bridgehead atoms. The number of carbonyl (C=O) groups is 4. The van der Waals surface area contributed by atoms with Gasteiger partial charge in [0.25, 0.3) is 5.91 Å². The van der Waals surface area contributed by atoms with Crippen LogP contribution < -0.4 is 14.9 Å². The number of nitrogens with one attached hydrogen (secondary N) is 2. The molecular weight excluding hydrogens is 969 g/mol. The van der Waals surface area contributed by atoms with Crippen LogP contribution in [0.4, 0.5) is 20.3 Å². The molecule has 6 heterocycles. The predicted molar refractivity (Wildman–Crippen MR) is 265 cm³/mol. The summed E-state index contributed by atoms with van der Waals surface area (Å²) in [4.78, 5) is 68.7. The predicted octanol–water partition coefficient (Wildman–Crippen LogP) is 4.61. The number of carbonyl (C=O) groups excluding carboxylic acids is 4. The van der Waals surface area contributed by atoms with Crippen molar-refractivity contribution in [3.05, 3.63) is 95.7 Å². The van der Waals surface area contributed by atoms with Crippen molar-refractivity contribution in [2.24, 2.45) is 0 Å². The first-order valence-electron chi connectivity index (χ1n) is 24.2. The molecule has 0 saturated carbocycles. The third-order valence-electron chi connectivity index (χ3n) is 12.8. The van der Waals surface area contributed by atoms with Crippen LogP contribution in [0, 0.1) is 23.5 Å². The fourth-order valence-corrected chi connectivity index (χ4v) is 10.2. The summed E-state index contributed by atoms with van der Waals surface area (Å²) in [7, 11) is -1.94. The molecule has 3 aromatic heterocycles. The van der Waals surface area contributed by atoms with Crippen molar-refractivity contribution in [3.8, 4) is 28.7 Å². The van der Waals surface area contributed by atoms with E-state index in [0.717, 1.165) is 17.7 Å². The molecular formula is C51H57F2N9O10S. The van der Waals surface area contributed by atoms with Crippen molar-refractivity contribution in [2.45, 2.75) is 64.1 Å². The lowest BCUT2D eigenvalue weighted by atomic mass is 10.0. The van der Waals surface area contributed by atoms with Gasteiger partial charge >= 0.3 is 0 Å². The Hall–Kier alpha value is -6.90. The molecule has 2 saturated heterocycles. The molecule has 73 heavy (non-hydrogen) atoms. The number of benzene rings is 2. The molecule has 1 atom stereocenters. The molecule has 2 N–H and O–H groups in total. The number of rotatable bonds is 22. The fourth-order valence-electron chi connectivity index (χ4n) is 9.08. The molecule has 0 aliphatic carbocycles. The molecule has 4 amide bonds. The number of amides is 4. The molecule has 5 aromatic rings. The standard InChI is InChI=1S/C51H57F2N9O10S/c1-3-28-73(67,68)58-41-10-9-40(52)49(47(41)53)61-32-39(35-29-54-33-55-30-35)48-42(61)11-13-44(56-48)59(2)36-15-18-60(19-16-36)46(64)17-21-70-23-25-72-27-26-71-24-22-69-20-5-7-34-6-4-8-37-38(34)31-62(51(37)66)43-12-14-45(63)57-50(43)65/h4,6,8-11,13,29-30,32-33,36,43,58H,3,12,14-28,31H2,1-2H3,(H,57,63,65). The zero-order valence-electron chi connectivity index (χ0n) is 40.6. The van der Waals surface area contributed by atoms with Crippen molar-refractivity contribution in [1.29, 1.82) is 0 Å². The third kappa shape index (κ3) is 12.7. The number of likely N-dealkylation sites (tertiary alicyclic amines) is 1. The van der Waals surface area contributed by atoms with Gasteiger partial charge < -0.3 is 38.2 Å². The molecule has 3 aliphatic rings. The Morgan fingerprint density at radius 2 is 1.62 bits per heavy atom. The zero-order valence-corrected chi connectivity index (χ0v) is 41.4. The number of anilines is 2. The Morgan fingerprint density at radius 3 is 2.33 bits per heavy atom. The Labute approximate surface area is 421 Å². The van der Waals surface area contributed by atoms with Gasteiger partial charge in [-0.05, 0) is 67.6 Å². The van der Waals surface area contributed by atoms with Crippen LogP contribution in [0.3, 0.4) is 0 Å². The minimum Gasteiger partial charge on any atom is -0.379 e. The van der Waals surface area contributed by atoms with E-state index >= 15 is 8.78 Å². The van der Waals surface area contributed by atoms with E-state index in [1.807, 2.05) is 22.9 Å². The highest BCUT2D eigenvalue weighted by molar-refractivity contribution is 7.92. The number of hydrogen-bond donors (Lipinski definition) is 2. The summed E-state index contributed by atoms with van der Waals surface area (Å²) in [6.45, 7) is 5.51. The van der Waals surface area contributed by atoms with Crippen molar-refractivity contribution >= 4 is 56.2 Å². The van der Waals surface area contributed by atoms with Crippen LogP contribution in [0.2, 0.25) is 0 Å². The molecule has 8 rings (SSSR count). The van der Waals surface area contributed by atoms with Gasteiger partial charge in [-0.25, -0.2) is 32.2 Å².